The number of nitrogen functional groups attached to an aromatic ring is 1. The zero-order valence-electron chi connectivity index (χ0n) is 27.4. The number of nitrogens with one attached hydrogen (secondary N) is 2. The first kappa shape index (κ1) is 36.1. The Bertz CT molecular complexity index is 1530. The fourth-order valence-electron chi connectivity index (χ4n) is 7.60. The summed E-state index contributed by atoms with van der Waals surface area (Å²) in [5.41, 5.74) is 1.18. The van der Waals surface area contributed by atoms with E-state index in [1.165, 1.54) is 27.6 Å². The van der Waals surface area contributed by atoms with E-state index >= 15 is 0 Å². The van der Waals surface area contributed by atoms with E-state index in [-0.39, 0.29) is 31.2 Å². The number of hydrogen-bond donors (Lipinski definition) is 3. The quantitative estimate of drug-likeness (QED) is 0.250. The van der Waals surface area contributed by atoms with Gasteiger partial charge in [-0.1, -0.05) is 6.42 Å². The number of rotatable bonds is 6. The first-order chi connectivity index (χ1) is 23.7. The van der Waals surface area contributed by atoms with Crippen LogP contribution in [0.2, 0.25) is 0 Å². The topological polar surface area (TPSA) is 114 Å². The van der Waals surface area contributed by atoms with Crippen molar-refractivity contribution in [3.63, 3.8) is 0 Å². The Balaban J connectivity index is 1.18. The van der Waals surface area contributed by atoms with Gasteiger partial charge in [0.2, 0.25) is 5.91 Å². The molecule has 274 valence electrons. The number of likely N-dealkylation sites (tertiary alicyclic amines) is 3. The van der Waals surface area contributed by atoms with Crippen LogP contribution in [-0.4, -0.2) is 95.0 Å². The van der Waals surface area contributed by atoms with Crippen LogP contribution in [0.1, 0.15) is 67.2 Å². The smallest absolute Gasteiger partial charge is 0.398 e. The van der Waals surface area contributed by atoms with Crippen molar-refractivity contribution in [1.82, 2.24) is 24.9 Å². The molecular formula is C33H41F6N7O3S. The van der Waals surface area contributed by atoms with Gasteiger partial charge < -0.3 is 30.7 Å². The third-order valence-corrected chi connectivity index (χ3v) is 11.2. The monoisotopic (exact) mass is 729 g/mol. The van der Waals surface area contributed by atoms with Crippen molar-refractivity contribution in [2.24, 2.45) is 0 Å². The molecule has 10 nitrogen and oxygen atoms in total. The lowest BCUT2D eigenvalue weighted by molar-refractivity contribution is -0.141. The molecule has 0 aliphatic carbocycles. The Hall–Kier alpha value is -3.73. The van der Waals surface area contributed by atoms with Gasteiger partial charge in [0.15, 0.2) is 0 Å². The van der Waals surface area contributed by atoms with E-state index in [1.54, 1.807) is 4.90 Å². The highest BCUT2D eigenvalue weighted by molar-refractivity contribution is 7.14. The van der Waals surface area contributed by atoms with Crippen LogP contribution in [0.3, 0.4) is 0 Å². The minimum Gasteiger partial charge on any atom is -0.398 e. The fraction of sp³-hybridized carbons (Fsp3) is 0.606. The Labute approximate surface area is 289 Å². The predicted octanol–water partition coefficient (Wildman–Crippen LogP) is 5.98. The number of hydrogen-bond acceptors (Lipinski definition) is 6. The Kier molecular flexibility index (Phi) is 10.4. The van der Waals surface area contributed by atoms with E-state index in [2.05, 4.69) is 15.5 Å². The molecule has 0 spiro atoms. The summed E-state index contributed by atoms with van der Waals surface area (Å²) in [7, 11) is 0. The lowest BCUT2D eigenvalue weighted by Gasteiger charge is -2.41. The van der Waals surface area contributed by atoms with Crippen LogP contribution in [0.5, 0.6) is 0 Å². The second-order valence-electron chi connectivity index (χ2n) is 13.5. The van der Waals surface area contributed by atoms with Gasteiger partial charge in [-0.05, 0) is 80.8 Å². The molecule has 3 saturated heterocycles. The van der Waals surface area contributed by atoms with Crippen LogP contribution in [0.4, 0.5) is 46.6 Å². The van der Waals surface area contributed by atoms with E-state index in [9.17, 15) is 40.7 Å². The zero-order chi connectivity index (χ0) is 35.8. The van der Waals surface area contributed by atoms with Crippen LogP contribution in [0, 0.1) is 0 Å². The molecule has 6 rings (SSSR count). The summed E-state index contributed by atoms with van der Waals surface area (Å²) in [6.07, 6.45) is -5.33. The summed E-state index contributed by atoms with van der Waals surface area (Å²) in [6, 6.07) is 0.806. The maximum atomic E-state index is 14.0. The van der Waals surface area contributed by atoms with Gasteiger partial charge in [-0.25, -0.2) is 9.59 Å². The average molecular weight is 730 g/mol. The number of nitrogens with two attached hydrogens (primary N) is 1. The van der Waals surface area contributed by atoms with E-state index in [1.807, 2.05) is 11.4 Å². The maximum absolute atomic E-state index is 14.0. The molecule has 17 heteroatoms. The van der Waals surface area contributed by atoms with Crippen molar-refractivity contribution in [2.45, 2.75) is 88.4 Å². The number of nitrogens with zero attached hydrogens (tertiary/aromatic N) is 4. The van der Waals surface area contributed by atoms with Gasteiger partial charge in [0, 0.05) is 50.2 Å². The van der Waals surface area contributed by atoms with Crippen molar-refractivity contribution < 1.29 is 40.7 Å². The van der Waals surface area contributed by atoms with Crippen molar-refractivity contribution >= 4 is 40.0 Å². The average Bonchev–Trinajstić information content (AvgIpc) is 3.54. The zero-order valence-corrected chi connectivity index (χ0v) is 28.2. The van der Waals surface area contributed by atoms with Crippen molar-refractivity contribution in [2.75, 3.05) is 50.3 Å². The number of urea groups is 2. The van der Waals surface area contributed by atoms with E-state index in [4.69, 9.17) is 5.73 Å². The number of halogens is 6. The summed E-state index contributed by atoms with van der Waals surface area (Å²) < 4.78 is 83.1. The molecule has 1 atom stereocenters. The van der Waals surface area contributed by atoms with Crippen LogP contribution >= 0.6 is 11.3 Å². The van der Waals surface area contributed by atoms with Gasteiger partial charge in [-0.3, -0.25) is 10.1 Å². The normalized spacial score (nSPS) is 20.8. The largest absolute Gasteiger partial charge is 0.418 e. The molecule has 4 aliphatic rings. The van der Waals surface area contributed by atoms with E-state index in [0.717, 1.165) is 36.5 Å². The number of piperidine rings is 3. The van der Waals surface area contributed by atoms with Crippen LogP contribution in [0.15, 0.2) is 23.6 Å². The third kappa shape index (κ3) is 7.92. The Morgan fingerprint density at radius 3 is 2.06 bits per heavy atom. The number of carbonyl (C=O) groups excluding carboxylic acids is 3. The second-order valence-corrected chi connectivity index (χ2v) is 14.4. The first-order valence-corrected chi connectivity index (χ1v) is 17.9. The third-order valence-electron chi connectivity index (χ3n) is 10.3. The van der Waals surface area contributed by atoms with Crippen molar-refractivity contribution in [1.29, 1.82) is 0 Å². The van der Waals surface area contributed by atoms with Crippen LogP contribution < -0.4 is 16.4 Å². The summed E-state index contributed by atoms with van der Waals surface area (Å²) in [5, 5.41) is 8.24. The molecule has 1 aromatic carbocycles. The standard InChI is InChI=1S/C33H41F6N7O3S/c34-32(35,36)24-16-20(17-25(27(24)40)33(37,38)39)18-26(29(47)44-11-4-22(5-12-44)43-9-2-1-3-10-43)41-30(48)45-13-6-23(7-14-45)46-19-21-8-15-50-28(21)42-31(46)49/h8,15-17,22-23,26H,1-7,9-14,18-19,40H2,(H,41,48)(H,42,49)/t26-/m1/s1. The second kappa shape index (κ2) is 14.5. The van der Waals surface area contributed by atoms with Gasteiger partial charge in [0.25, 0.3) is 0 Å². The highest BCUT2D eigenvalue weighted by Gasteiger charge is 2.42. The summed E-state index contributed by atoms with van der Waals surface area (Å²) in [6.45, 7) is 3.56. The number of benzene rings is 1. The molecule has 1 aromatic heterocycles. The molecule has 5 heterocycles. The Morgan fingerprint density at radius 2 is 1.46 bits per heavy atom. The number of fused-ring (bicyclic) bond motifs is 1. The molecular weight excluding hydrogens is 688 g/mol. The highest BCUT2D eigenvalue weighted by Crippen LogP contribution is 2.42. The van der Waals surface area contributed by atoms with Gasteiger partial charge in [0.1, 0.15) is 11.0 Å². The molecule has 4 aliphatic heterocycles. The number of carbonyl (C=O) groups is 3. The maximum Gasteiger partial charge on any atom is 0.418 e. The van der Waals surface area contributed by atoms with Gasteiger partial charge in [-0.15, -0.1) is 11.3 Å². The molecule has 50 heavy (non-hydrogen) atoms. The fourth-order valence-corrected chi connectivity index (χ4v) is 8.40. The van der Waals surface area contributed by atoms with Crippen LogP contribution in [-0.2, 0) is 30.1 Å². The molecule has 0 bridgehead atoms. The predicted molar refractivity (Wildman–Crippen MR) is 175 cm³/mol. The summed E-state index contributed by atoms with van der Waals surface area (Å²) in [4.78, 5) is 47.4. The van der Waals surface area contributed by atoms with Gasteiger partial charge >= 0.3 is 24.4 Å². The molecule has 4 N–H and O–H groups in total. The lowest BCUT2D eigenvalue weighted by atomic mass is 9.95. The van der Waals surface area contributed by atoms with E-state index < -0.39 is 59.1 Å². The van der Waals surface area contributed by atoms with E-state index in [0.29, 0.717) is 57.5 Å². The lowest BCUT2D eigenvalue weighted by Crippen LogP contribution is -2.57. The number of alkyl halides is 6. The van der Waals surface area contributed by atoms with Crippen molar-refractivity contribution in [3.8, 4) is 0 Å². The highest BCUT2D eigenvalue weighted by atomic mass is 32.1. The molecule has 3 fully saturated rings. The van der Waals surface area contributed by atoms with Gasteiger partial charge in [-0.2, -0.15) is 26.3 Å². The van der Waals surface area contributed by atoms with Crippen molar-refractivity contribution in [3.05, 3.63) is 45.8 Å². The molecule has 0 saturated carbocycles. The number of anilines is 2. The molecule has 5 amide bonds. The minimum absolute atomic E-state index is 0.151. The molecule has 0 radical (unpaired) electrons. The summed E-state index contributed by atoms with van der Waals surface area (Å²) >= 11 is 1.44. The summed E-state index contributed by atoms with van der Waals surface area (Å²) in [5.74, 6) is -0.569. The SMILES string of the molecule is Nc1c(C(F)(F)F)cc(C[C@@H](NC(=O)N2CCC(N3Cc4ccsc4NC3=O)CC2)C(=O)N2CCC(N3CCCCC3)CC2)cc1C(F)(F)F. The molecule has 0 unspecified atom stereocenters. The van der Waals surface area contributed by atoms with Gasteiger partial charge in [0.05, 0.1) is 23.4 Å². The number of thiophene rings is 1. The first-order valence-electron chi connectivity index (χ1n) is 17.0. The Morgan fingerprint density at radius 1 is 0.880 bits per heavy atom. The molecule has 2 aromatic rings. The number of amides is 5. The van der Waals surface area contributed by atoms with Crippen LogP contribution in [0.25, 0.3) is 0 Å². The minimum atomic E-state index is -5.18.